The van der Waals surface area contributed by atoms with E-state index >= 15 is 0 Å². The summed E-state index contributed by atoms with van der Waals surface area (Å²) in [5.41, 5.74) is 1.67. The molecule has 0 heterocycles. The average Bonchev–Trinajstić information content (AvgIpc) is 2.62. The quantitative estimate of drug-likeness (QED) is 0.434. The zero-order valence-corrected chi connectivity index (χ0v) is 15.3. The van der Waals surface area contributed by atoms with E-state index in [-0.39, 0.29) is 10.6 Å². The van der Waals surface area contributed by atoms with E-state index in [1.165, 1.54) is 7.11 Å². The number of nitro benzene ring substituents is 1. The predicted molar refractivity (Wildman–Crippen MR) is 95.6 cm³/mol. The van der Waals surface area contributed by atoms with Crippen molar-refractivity contribution >= 4 is 27.4 Å². The van der Waals surface area contributed by atoms with E-state index in [1.807, 2.05) is 13.0 Å². The lowest BCUT2D eigenvalue weighted by atomic mass is 10.1. The van der Waals surface area contributed by atoms with Crippen molar-refractivity contribution in [2.45, 2.75) is 18.7 Å². The number of esters is 1. The van der Waals surface area contributed by atoms with Crippen LogP contribution in [0.3, 0.4) is 0 Å². The molecule has 0 atom stereocenters. The molecular formula is C17H18N2O6S. The number of nitro groups is 1. The zero-order chi connectivity index (χ0) is 19.5. The number of rotatable bonds is 6. The van der Waals surface area contributed by atoms with Crippen LogP contribution in [-0.2, 0) is 19.6 Å². The third kappa shape index (κ3) is 3.83. The summed E-state index contributed by atoms with van der Waals surface area (Å²) in [6, 6.07) is 9.60. The van der Waals surface area contributed by atoms with E-state index < -0.39 is 27.5 Å². The molecule has 138 valence electrons. The minimum atomic E-state index is -4.13. The average molecular weight is 378 g/mol. The summed E-state index contributed by atoms with van der Waals surface area (Å²) >= 11 is 0. The fourth-order valence-corrected chi connectivity index (χ4v) is 3.82. The molecular weight excluding hydrogens is 360 g/mol. The number of hydrogen-bond donors (Lipinski definition) is 0. The van der Waals surface area contributed by atoms with Gasteiger partial charge in [-0.25, -0.2) is 8.42 Å². The molecule has 0 aliphatic carbocycles. The van der Waals surface area contributed by atoms with E-state index in [0.29, 0.717) is 11.3 Å². The molecule has 0 unspecified atom stereocenters. The zero-order valence-electron chi connectivity index (χ0n) is 14.5. The second kappa shape index (κ2) is 7.52. The Morgan fingerprint density at radius 2 is 1.77 bits per heavy atom. The highest BCUT2D eigenvalue weighted by Crippen LogP contribution is 2.29. The summed E-state index contributed by atoms with van der Waals surface area (Å²) in [7, 11) is -2.96. The van der Waals surface area contributed by atoms with Gasteiger partial charge >= 0.3 is 5.97 Å². The maximum Gasteiger partial charge on any atom is 0.326 e. The van der Waals surface area contributed by atoms with E-state index in [4.69, 9.17) is 0 Å². The SMILES string of the molecule is COC(=O)CN(c1cccc(C)c1C)S(=O)(=O)c1ccc([N+](=O)[O-])cc1. The highest BCUT2D eigenvalue weighted by atomic mass is 32.2. The van der Waals surface area contributed by atoms with Crippen molar-refractivity contribution in [3.8, 4) is 0 Å². The Bertz CT molecular complexity index is 938. The topological polar surface area (TPSA) is 107 Å². The van der Waals surface area contributed by atoms with E-state index in [2.05, 4.69) is 4.74 Å². The Morgan fingerprint density at radius 3 is 2.31 bits per heavy atom. The van der Waals surface area contributed by atoms with Crippen molar-refractivity contribution in [3.63, 3.8) is 0 Å². The Labute approximate surface area is 151 Å². The molecule has 26 heavy (non-hydrogen) atoms. The lowest BCUT2D eigenvalue weighted by Crippen LogP contribution is -2.36. The van der Waals surface area contributed by atoms with Crippen molar-refractivity contribution in [2.24, 2.45) is 0 Å². The minimum Gasteiger partial charge on any atom is -0.468 e. The maximum absolute atomic E-state index is 13.1. The molecule has 0 spiro atoms. The number of ether oxygens (including phenoxy) is 1. The van der Waals surface area contributed by atoms with Crippen LogP contribution in [0.2, 0.25) is 0 Å². The van der Waals surface area contributed by atoms with Crippen molar-refractivity contribution < 1.29 is 22.9 Å². The Balaban J connectivity index is 2.57. The van der Waals surface area contributed by atoms with Crippen molar-refractivity contribution in [1.82, 2.24) is 0 Å². The number of carbonyl (C=O) groups excluding carboxylic acids is 1. The molecule has 2 aromatic carbocycles. The molecule has 8 nitrogen and oxygen atoms in total. The van der Waals surface area contributed by atoms with Crippen LogP contribution in [0.1, 0.15) is 11.1 Å². The van der Waals surface area contributed by atoms with E-state index in [1.54, 1.807) is 19.1 Å². The molecule has 0 aliphatic rings. The summed E-state index contributed by atoms with van der Waals surface area (Å²) in [5, 5.41) is 10.8. The van der Waals surface area contributed by atoms with Gasteiger partial charge < -0.3 is 4.74 Å². The van der Waals surface area contributed by atoms with Gasteiger partial charge in [-0.05, 0) is 43.2 Å². The Hall–Kier alpha value is -2.94. The van der Waals surface area contributed by atoms with Gasteiger partial charge in [-0.1, -0.05) is 12.1 Å². The van der Waals surface area contributed by atoms with Gasteiger partial charge in [-0.15, -0.1) is 0 Å². The first-order valence-corrected chi connectivity index (χ1v) is 9.02. The molecule has 2 aromatic rings. The van der Waals surface area contributed by atoms with Gasteiger partial charge in [0.2, 0.25) is 0 Å². The van der Waals surface area contributed by atoms with Crippen LogP contribution in [0.25, 0.3) is 0 Å². The number of anilines is 1. The molecule has 0 aromatic heterocycles. The normalized spacial score (nSPS) is 11.0. The lowest BCUT2D eigenvalue weighted by molar-refractivity contribution is -0.384. The molecule has 9 heteroatoms. The largest absolute Gasteiger partial charge is 0.468 e. The van der Waals surface area contributed by atoms with E-state index in [0.717, 1.165) is 34.1 Å². The van der Waals surface area contributed by atoms with Crippen LogP contribution in [-0.4, -0.2) is 33.0 Å². The van der Waals surface area contributed by atoms with Gasteiger partial charge in [0.1, 0.15) is 6.54 Å². The van der Waals surface area contributed by atoms with E-state index in [9.17, 15) is 23.3 Å². The molecule has 0 saturated heterocycles. The van der Waals surface area contributed by atoms with Crippen LogP contribution >= 0.6 is 0 Å². The first-order valence-electron chi connectivity index (χ1n) is 7.58. The molecule has 0 radical (unpaired) electrons. The lowest BCUT2D eigenvalue weighted by Gasteiger charge is -2.25. The standard InChI is InChI=1S/C17H18N2O6S/c1-12-5-4-6-16(13(12)2)18(11-17(20)25-3)26(23,24)15-9-7-14(8-10-15)19(21)22/h4-10H,11H2,1-3H3. The molecule has 2 rings (SSSR count). The van der Waals surface area contributed by atoms with Gasteiger partial charge in [0.05, 0.1) is 22.6 Å². The first kappa shape index (κ1) is 19.4. The molecule has 0 amide bonds. The maximum atomic E-state index is 13.1. The molecule has 0 aliphatic heterocycles. The van der Waals surface area contributed by atoms with Gasteiger partial charge in [-0.3, -0.25) is 19.2 Å². The number of nitrogens with zero attached hydrogens (tertiary/aromatic N) is 2. The van der Waals surface area contributed by atoms with Crippen LogP contribution in [0.4, 0.5) is 11.4 Å². The number of aryl methyl sites for hydroxylation is 1. The predicted octanol–water partition coefficient (Wildman–Crippen LogP) is 2.58. The highest BCUT2D eigenvalue weighted by molar-refractivity contribution is 7.92. The fraction of sp³-hybridized carbons (Fsp3) is 0.235. The van der Waals surface area contributed by atoms with Gasteiger partial charge in [0, 0.05) is 12.1 Å². The summed E-state index contributed by atoms with van der Waals surface area (Å²) in [5.74, 6) is -0.726. The molecule has 0 bridgehead atoms. The molecule has 0 fully saturated rings. The third-order valence-corrected chi connectivity index (χ3v) is 5.75. The Morgan fingerprint density at radius 1 is 1.15 bits per heavy atom. The smallest absolute Gasteiger partial charge is 0.326 e. The second-order valence-corrected chi connectivity index (χ2v) is 7.42. The van der Waals surface area contributed by atoms with Crippen LogP contribution in [0, 0.1) is 24.0 Å². The summed E-state index contributed by atoms with van der Waals surface area (Å²) in [4.78, 5) is 21.8. The number of methoxy groups -OCH3 is 1. The minimum absolute atomic E-state index is 0.159. The summed E-state index contributed by atoms with van der Waals surface area (Å²) in [6.07, 6.45) is 0. The number of sulfonamides is 1. The van der Waals surface area contributed by atoms with Crippen molar-refractivity contribution in [3.05, 3.63) is 63.7 Å². The van der Waals surface area contributed by atoms with Gasteiger partial charge in [0.25, 0.3) is 15.7 Å². The monoisotopic (exact) mass is 378 g/mol. The summed E-state index contributed by atoms with van der Waals surface area (Å²) < 4.78 is 31.7. The Kier molecular flexibility index (Phi) is 5.61. The van der Waals surface area contributed by atoms with Crippen molar-refractivity contribution in [2.75, 3.05) is 18.0 Å². The van der Waals surface area contributed by atoms with Gasteiger partial charge in [0.15, 0.2) is 0 Å². The number of hydrogen-bond acceptors (Lipinski definition) is 6. The third-order valence-electron chi connectivity index (χ3n) is 3.98. The van der Waals surface area contributed by atoms with Gasteiger partial charge in [-0.2, -0.15) is 0 Å². The van der Waals surface area contributed by atoms with Crippen LogP contribution in [0.15, 0.2) is 47.4 Å². The number of carbonyl (C=O) groups is 1. The second-order valence-electron chi connectivity index (χ2n) is 5.56. The van der Waals surface area contributed by atoms with Crippen molar-refractivity contribution in [1.29, 1.82) is 0 Å². The molecule has 0 N–H and O–H groups in total. The number of non-ortho nitro benzene ring substituents is 1. The fourth-order valence-electron chi connectivity index (χ4n) is 2.35. The first-order chi connectivity index (χ1) is 12.2. The number of benzene rings is 2. The molecule has 0 saturated carbocycles. The van der Waals surface area contributed by atoms with Crippen LogP contribution in [0.5, 0.6) is 0 Å². The summed E-state index contributed by atoms with van der Waals surface area (Å²) in [6.45, 7) is 3.06. The van der Waals surface area contributed by atoms with Crippen LogP contribution < -0.4 is 4.31 Å². The highest BCUT2D eigenvalue weighted by Gasteiger charge is 2.29.